The molecule has 148 valence electrons. The number of hydrogen-bond donors (Lipinski definition) is 0. The quantitative estimate of drug-likeness (QED) is 0.491. The molecule has 1 amide bonds. The molecule has 0 unspecified atom stereocenters. The van der Waals surface area contributed by atoms with Crippen LogP contribution in [0.3, 0.4) is 0 Å². The van der Waals surface area contributed by atoms with Crippen LogP contribution < -0.4 is 4.74 Å². The number of esters is 1. The lowest BCUT2D eigenvalue weighted by atomic mass is 10.2. The molecule has 0 aliphatic carbocycles. The zero-order chi connectivity index (χ0) is 19.9. The number of hydrogen-bond acceptors (Lipinski definition) is 6. The monoisotopic (exact) mass is 395 g/mol. The molecule has 0 N–H and O–H groups in total. The van der Waals surface area contributed by atoms with Crippen molar-refractivity contribution < 1.29 is 27.5 Å². The van der Waals surface area contributed by atoms with Crippen LogP contribution in [0.1, 0.15) is 25.3 Å². The van der Waals surface area contributed by atoms with E-state index >= 15 is 0 Å². The second-order valence-corrected chi connectivity index (χ2v) is 8.59. The van der Waals surface area contributed by atoms with Gasteiger partial charge in [0.15, 0.2) is 16.4 Å². The fraction of sp³-hybridized carbons (Fsp3) is 0.474. The SMILES string of the molecule is CCCN(C(=O)COC(=O)/C=C/c1ccc(OC)cc1)[C@@H]1CCS(=O)(=O)C1. The predicted molar refractivity (Wildman–Crippen MR) is 102 cm³/mol. The van der Waals surface area contributed by atoms with Crippen molar-refractivity contribution >= 4 is 27.8 Å². The molecule has 1 aromatic carbocycles. The van der Waals surface area contributed by atoms with Crippen LogP contribution in [-0.2, 0) is 24.2 Å². The normalized spacial score (nSPS) is 18.4. The van der Waals surface area contributed by atoms with Crippen molar-refractivity contribution in [2.75, 3.05) is 31.8 Å². The summed E-state index contributed by atoms with van der Waals surface area (Å²) >= 11 is 0. The van der Waals surface area contributed by atoms with Gasteiger partial charge in [0.25, 0.3) is 5.91 Å². The van der Waals surface area contributed by atoms with E-state index in [-0.39, 0.29) is 23.5 Å². The molecule has 2 rings (SSSR count). The first-order valence-corrected chi connectivity index (χ1v) is 10.7. The molecular weight excluding hydrogens is 370 g/mol. The number of methoxy groups -OCH3 is 1. The van der Waals surface area contributed by atoms with E-state index in [0.717, 1.165) is 5.56 Å². The van der Waals surface area contributed by atoms with E-state index in [1.54, 1.807) is 37.5 Å². The third kappa shape index (κ3) is 6.39. The third-order valence-electron chi connectivity index (χ3n) is 4.30. The van der Waals surface area contributed by atoms with E-state index < -0.39 is 22.4 Å². The topological polar surface area (TPSA) is 90.0 Å². The highest BCUT2D eigenvalue weighted by molar-refractivity contribution is 7.91. The van der Waals surface area contributed by atoms with E-state index in [1.807, 2.05) is 6.92 Å². The number of nitrogens with zero attached hydrogens (tertiary/aromatic N) is 1. The number of sulfone groups is 1. The summed E-state index contributed by atoms with van der Waals surface area (Å²) in [5, 5.41) is 0. The van der Waals surface area contributed by atoms with E-state index in [9.17, 15) is 18.0 Å². The van der Waals surface area contributed by atoms with Crippen molar-refractivity contribution in [2.45, 2.75) is 25.8 Å². The smallest absolute Gasteiger partial charge is 0.331 e. The number of rotatable bonds is 8. The standard InChI is InChI=1S/C19H25NO6S/c1-3-11-20(16-10-12-27(23,24)14-16)18(21)13-26-19(22)9-6-15-4-7-17(25-2)8-5-15/h4-9,16H,3,10-14H2,1-2H3/b9-6+/t16-/m1/s1. The molecule has 1 aliphatic heterocycles. The number of amides is 1. The zero-order valence-corrected chi connectivity index (χ0v) is 16.4. The summed E-state index contributed by atoms with van der Waals surface area (Å²) in [5.74, 6) is -0.218. The highest BCUT2D eigenvalue weighted by Gasteiger charge is 2.34. The molecule has 8 heteroatoms. The number of benzene rings is 1. The molecule has 0 spiro atoms. The first-order chi connectivity index (χ1) is 12.8. The summed E-state index contributed by atoms with van der Waals surface area (Å²) in [6.07, 6.45) is 3.96. The minimum Gasteiger partial charge on any atom is -0.497 e. The summed E-state index contributed by atoms with van der Waals surface area (Å²) < 4.78 is 33.4. The number of ether oxygens (including phenoxy) is 2. The van der Waals surface area contributed by atoms with Crippen LogP contribution in [0, 0.1) is 0 Å². The maximum Gasteiger partial charge on any atom is 0.331 e. The predicted octanol–water partition coefficient (Wildman–Crippen LogP) is 1.68. The highest BCUT2D eigenvalue weighted by atomic mass is 32.2. The molecule has 1 aliphatic rings. The van der Waals surface area contributed by atoms with E-state index in [4.69, 9.17) is 9.47 Å². The van der Waals surface area contributed by atoms with Crippen LogP contribution in [0.4, 0.5) is 0 Å². The van der Waals surface area contributed by atoms with Gasteiger partial charge in [-0.3, -0.25) is 4.79 Å². The van der Waals surface area contributed by atoms with Crippen LogP contribution in [0.25, 0.3) is 6.08 Å². The maximum atomic E-state index is 12.4. The van der Waals surface area contributed by atoms with Gasteiger partial charge in [-0.05, 0) is 36.6 Å². The van der Waals surface area contributed by atoms with Crippen molar-refractivity contribution in [1.29, 1.82) is 0 Å². The molecular formula is C19H25NO6S. The summed E-state index contributed by atoms with van der Waals surface area (Å²) in [7, 11) is -1.52. The number of carbonyl (C=O) groups is 2. The van der Waals surface area contributed by atoms with Gasteiger partial charge in [0, 0.05) is 18.7 Å². The maximum absolute atomic E-state index is 12.4. The van der Waals surface area contributed by atoms with Gasteiger partial charge in [0.2, 0.25) is 0 Å². The minimum atomic E-state index is -3.09. The van der Waals surface area contributed by atoms with Gasteiger partial charge in [0.1, 0.15) is 5.75 Å². The van der Waals surface area contributed by atoms with Crippen LogP contribution >= 0.6 is 0 Å². The Kier molecular flexibility index (Phi) is 7.41. The van der Waals surface area contributed by atoms with Crippen molar-refractivity contribution in [3.63, 3.8) is 0 Å². The van der Waals surface area contributed by atoms with Gasteiger partial charge in [-0.2, -0.15) is 0 Å². The second-order valence-electron chi connectivity index (χ2n) is 6.36. The molecule has 1 saturated heterocycles. The molecule has 0 saturated carbocycles. The fourth-order valence-electron chi connectivity index (χ4n) is 2.92. The van der Waals surface area contributed by atoms with E-state index in [0.29, 0.717) is 25.1 Å². The molecule has 1 fully saturated rings. The first kappa shape index (κ1) is 21.0. The lowest BCUT2D eigenvalue weighted by Gasteiger charge is -2.27. The largest absolute Gasteiger partial charge is 0.497 e. The van der Waals surface area contributed by atoms with Gasteiger partial charge in [0.05, 0.1) is 18.6 Å². The summed E-state index contributed by atoms with van der Waals surface area (Å²) in [6.45, 7) is 1.95. The fourth-order valence-corrected chi connectivity index (χ4v) is 4.65. The van der Waals surface area contributed by atoms with E-state index in [1.165, 1.54) is 11.0 Å². The van der Waals surface area contributed by atoms with Crippen molar-refractivity contribution in [1.82, 2.24) is 4.90 Å². The molecule has 0 aromatic heterocycles. The molecule has 27 heavy (non-hydrogen) atoms. The van der Waals surface area contributed by atoms with Gasteiger partial charge >= 0.3 is 5.97 Å². The van der Waals surface area contributed by atoms with Crippen LogP contribution in [-0.4, -0.2) is 63.0 Å². The zero-order valence-electron chi connectivity index (χ0n) is 15.6. The van der Waals surface area contributed by atoms with Crippen LogP contribution in [0.15, 0.2) is 30.3 Å². The molecule has 1 aromatic rings. The van der Waals surface area contributed by atoms with Gasteiger partial charge < -0.3 is 14.4 Å². The van der Waals surface area contributed by atoms with Gasteiger partial charge in [-0.1, -0.05) is 19.1 Å². The Morgan fingerprint density at radius 2 is 1.96 bits per heavy atom. The Labute approximate surface area is 159 Å². The molecule has 1 heterocycles. The Balaban J connectivity index is 1.88. The molecule has 0 radical (unpaired) electrons. The van der Waals surface area contributed by atoms with Gasteiger partial charge in [-0.25, -0.2) is 13.2 Å². The highest BCUT2D eigenvalue weighted by Crippen LogP contribution is 2.18. The van der Waals surface area contributed by atoms with Crippen molar-refractivity contribution in [3.8, 4) is 5.75 Å². The Hall–Kier alpha value is -2.35. The summed E-state index contributed by atoms with van der Waals surface area (Å²) in [6, 6.07) is 6.78. The number of carbonyl (C=O) groups excluding carboxylic acids is 2. The molecule has 0 bridgehead atoms. The molecule has 1 atom stereocenters. The summed E-state index contributed by atoms with van der Waals surface area (Å²) in [4.78, 5) is 25.8. The van der Waals surface area contributed by atoms with Crippen LogP contribution in [0.2, 0.25) is 0 Å². The Bertz CT molecular complexity index is 785. The second kappa shape index (κ2) is 9.55. The lowest BCUT2D eigenvalue weighted by Crippen LogP contribution is -2.43. The van der Waals surface area contributed by atoms with Crippen molar-refractivity contribution in [3.05, 3.63) is 35.9 Å². The Morgan fingerprint density at radius 3 is 2.52 bits per heavy atom. The van der Waals surface area contributed by atoms with Crippen molar-refractivity contribution in [2.24, 2.45) is 0 Å². The van der Waals surface area contributed by atoms with E-state index in [2.05, 4.69) is 0 Å². The first-order valence-electron chi connectivity index (χ1n) is 8.83. The Morgan fingerprint density at radius 1 is 1.26 bits per heavy atom. The lowest BCUT2D eigenvalue weighted by molar-refractivity contribution is -0.149. The average molecular weight is 395 g/mol. The average Bonchev–Trinajstić information content (AvgIpc) is 3.02. The molecule has 7 nitrogen and oxygen atoms in total. The minimum absolute atomic E-state index is 0.0238. The van der Waals surface area contributed by atoms with Crippen LogP contribution in [0.5, 0.6) is 5.75 Å². The third-order valence-corrected chi connectivity index (χ3v) is 6.05. The summed E-state index contributed by atoms with van der Waals surface area (Å²) in [5.41, 5.74) is 0.794. The van der Waals surface area contributed by atoms with Gasteiger partial charge in [-0.15, -0.1) is 0 Å².